The van der Waals surface area contributed by atoms with Crippen molar-refractivity contribution in [1.82, 2.24) is 0 Å². The second-order valence-corrected chi connectivity index (χ2v) is 39.9. The van der Waals surface area contributed by atoms with Crippen LogP contribution in [-0.4, -0.2) is 13.4 Å². The van der Waals surface area contributed by atoms with E-state index in [0.717, 1.165) is 61.2 Å². The first-order chi connectivity index (χ1) is 68.5. The van der Waals surface area contributed by atoms with Gasteiger partial charge in [-0.2, -0.15) is 0 Å². The molecule has 0 atom stereocenters. The van der Waals surface area contributed by atoms with Gasteiger partial charge in [0.1, 0.15) is 11.5 Å². The van der Waals surface area contributed by atoms with E-state index in [0.29, 0.717) is 101 Å². The van der Waals surface area contributed by atoms with E-state index in [4.69, 9.17) is 6.11 Å². The van der Waals surface area contributed by atoms with E-state index in [-0.39, 0.29) is 98.6 Å². The van der Waals surface area contributed by atoms with E-state index in [2.05, 4.69) is 213 Å². The molecule has 0 radical (unpaired) electrons. The molecular weight excluding hydrogens is 1560 g/mol. The van der Waals surface area contributed by atoms with Crippen LogP contribution in [-0.2, 0) is 27.1 Å². The summed E-state index contributed by atoms with van der Waals surface area (Å²) in [5.41, 5.74) is 14.3. The van der Waals surface area contributed by atoms with Crippen molar-refractivity contribution in [1.29, 1.82) is 0 Å². The molecule has 5 aliphatic rings. The Labute approximate surface area is 783 Å². The van der Waals surface area contributed by atoms with Crippen LogP contribution in [0.3, 0.4) is 0 Å². The first kappa shape index (κ1) is 65.4. The molecule has 0 fully saturated rings. The standard InChI is InChI=1S/C122H106B2N4O/c1-118(2,3)86-63-65-99(95(67-86)82-52-34-21-35-53-82)125-101-70-88(120(7,8)9)71-102-109(101)123(98-64-62-85(77-42-24-16-25-43-77)66-100(98)126(102)116-96(83-54-36-22-37-55-83)68-87(119(4,5)6)69-97(116)84-56-38-23-39-57-84)112-106(125)76-107-113-117(112)129-108-75-90(122(13,14)15)74-105-111(108)124(113)110-103(127(105)114-91(78-44-26-17-27-45-78)58-40-59-92(114)79-46-28-18-29-47-79)72-89(121(10,11)12)73-104(110)128(107)115-93(80-48-30-19-31-49-80)60-41-61-94(115)81-50-32-20-33-51-81/h16-76H,1-15H3/i16D,24D,25D,41D,42D,43D,60D,61D,62D,64D,66D,72D,74D,75D,76D. The number of para-hydroxylation sites is 2. The monoisotopic (exact) mass is 1680 g/mol. The van der Waals surface area contributed by atoms with E-state index in [1.165, 1.54) is 0 Å². The van der Waals surface area contributed by atoms with Crippen molar-refractivity contribution >= 4 is 114 Å². The van der Waals surface area contributed by atoms with Crippen LogP contribution in [0.15, 0.2) is 370 Å². The van der Waals surface area contributed by atoms with Crippen LogP contribution >= 0.6 is 0 Å². The van der Waals surface area contributed by atoms with Crippen molar-refractivity contribution in [2.45, 2.75) is 131 Å². The highest BCUT2D eigenvalue weighted by atomic mass is 16.5. The van der Waals surface area contributed by atoms with Crippen molar-refractivity contribution < 1.29 is 25.3 Å². The molecule has 626 valence electrons. The summed E-state index contributed by atoms with van der Waals surface area (Å²) in [6.45, 7) is 28.9. The van der Waals surface area contributed by atoms with Crippen LogP contribution in [0, 0.1) is 0 Å². The van der Waals surface area contributed by atoms with Gasteiger partial charge >= 0.3 is 0 Å². The molecule has 0 saturated heterocycles. The summed E-state index contributed by atoms with van der Waals surface area (Å²) >= 11 is 0. The lowest BCUT2D eigenvalue weighted by molar-refractivity contribution is 0.487. The topological polar surface area (TPSA) is 22.2 Å². The van der Waals surface area contributed by atoms with Crippen molar-refractivity contribution in [3.05, 3.63) is 398 Å². The second kappa shape index (κ2) is 30.3. The number of hydrogen-bond donors (Lipinski definition) is 0. The largest absolute Gasteiger partial charge is 0.459 e. The van der Waals surface area contributed by atoms with E-state index in [1.54, 1.807) is 0 Å². The highest BCUT2D eigenvalue weighted by molar-refractivity contribution is 7.05. The zero-order valence-electron chi connectivity index (χ0n) is 90.4. The molecule has 5 heterocycles. The van der Waals surface area contributed by atoms with E-state index in [1.807, 2.05) is 189 Å². The second-order valence-electron chi connectivity index (χ2n) is 39.9. The Morgan fingerprint density at radius 2 is 0.597 bits per heavy atom. The first-order valence-electron chi connectivity index (χ1n) is 52.3. The minimum absolute atomic E-state index is 0.0120. The maximum atomic E-state index is 13.1. The van der Waals surface area contributed by atoms with Crippen molar-refractivity contribution in [2.24, 2.45) is 0 Å². The average molecular weight is 1680 g/mol. The van der Waals surface area contributed by atoms with Gasteiger partial charge in [-0.05, 0) is 210 Å². The Kier molecular flexibility index (Phi) is 15.4. The van der Waals surface area contributed by atoms with Crippen molar-refractivity contribution in [3.8, 4) is 101 Å². The zero-order chi connectivity index (χ0) is 102. The fourth-order valence-corrected chi connectivity index (χ4v) is 19.8. The van der Waals surface area contributed by atoms with Gasteiger partial charge in [-0.25, -0.2) is 0 Å². The summed E-state index contributed by atoms with van der Waals surface area (Å²) in [5.74, 6) is 0.125. The Balaban J connectivity index is 1.03. The lowest BCUT2D eigenvalue weighted by Crippen LogP contribution is -2.67. The van der Waals surface area contributed by atoms with Gasteiger partial charge in [-0.15, -0.1) is 0 Å². The molecule has 0 aromatic heterocycles. The summed E-state index contributed by atoms with van der Waals surface area (Å²) in [5, 5.41) is 0. The summed E-state index contributed by atoms with van der Waals surface area (Å²) in [4.78, 5) is 8.37. The van der Waals surface area contributed by atoms with Gasteiger partial charge in [0.05, 0.1) is 43.3 Å². The predicted octanol–water partition coefficient (Wildman–Crippen LogP) is 29.8. The molecule has 0 N–H and O–H groups in total. The normalized spacial score (nSPS) is 15.1. The van der Waals surface area contributed by atoms with Crippen LogP contribution in [0.2, 0.25) is 0 Å². The van der Waals surface area contributed by atoms with Crippen LogP contribution in [0.25, 0.3) is 89.0 Å². The third-order valence-corrected chi connectivity index (χ3v) is 26.4. The summed E-state index contributed by atoms with van der Waals surface area (Å²) in [6, 6.07) is 86.6. The average Bonchev–Trinajstić information content (AvgIpc) is 0.648. The van der Waals surface area contributed by atoms with Crippen LogP contribution in [0.5, 0.6) is 11.5 Å². The van der Waals surface area contributed by atoms with Gasteiger partial charge in [0, 0.05) is 84.4 Å². The fraction of sp³-hybridized carbons (Fsp3) is 0.164. The Morgan fingerprint density at radius 1 is 0.225 bits per heavy atom. The lowest BCUT2D eigenvalue weighted by atomic mass is 9.29. The smallest absolute Gasteiger partial charge is 0.261 e. The van der Waals surface area contributed by atoms with E-state index in [9.17, 15) is 19.2 Å². The number of fused-ring (bicyclic) bond motifs is 5. The minimum Gasteiger partial charge on any atom is -0.459 e. The van der Waals surface area contributed by atoms with Gasteiger partial charge in [-0.3, -0.25) is 0 Å². The number of ether oxygens (including phenoxy) is 1. The molecule has 0 unspecified atom stereocenters. The number of rotatable bonds is 12. The van der Waals surface area contributed by atoms with Gasteiger partial charge in [0.25, 0.3) is 13.4 Å². The molecule has 129 heavy (non-hydrogen) atoms. The molecule has 22 rings (SSSR count). The van der Waals surface area contributed by atoms with Crippen LogP contribution in [0.4, 0.5) is 68.2 Å². The van der Waals surface area contributed by atoms with Crippen LogP contribution in [0.1, 0.15) is 152 Å². The van der Waals surface area contributed by atoms with Crippen molar-refractivity contribution in [3.63, 3.8) is 0 Å². The molecule has 0 spiro atoms. The molecule has 17 aromatic rings. The number of benzene rings is 17. The van der Waals surface area contributed by atoms with Gasteiger partial charge in [-0.1, -0.05) is 401 Å². The third-order valence-electron chi connectivity index (χ3n) is 26.4. The maximum absolute atomic E-state index is 13.1. The Morgan fingerprint density at radius 3 is 1.09 bits per heavy atom. The first-order valence-corrected chi connectivity index (χ1v) is 44.8. The SMILES string of the molecule is [2H]c1c([2H])c([2H])c(-c2c([2H])c([2H])c3c(c2[2H])N(c2c(-c4ccccc4)cc(C(C)(C)C)cc2-c2ccccc2)c2cc(C(C)(C)C)cc4c2B3c2c3c5c(c([2H])c2N4c2ccc(C(C)(C)C)cc2-c2ccccc2)N(c2c(-c4ccccc4)c([2H])c([2H])c([2H])c2-c2ccccc2)c2cc(C(C)(C)C)c([2H])c4c2B5c2c(c([2H])c(C(C)(C)C)c([2H])c2N4c2c(-c4ccccc4)cccc2-c2ccccc2)O3)c([2H])c1[2H]. The number of nitrogens with zero attached hydrogens (tertiary/aromatic N) is 4. The van der Waals surface area contributed by atoms with Crippen molar-refractivity contribution in [2.75, 3.05) is 19.6 Å². The summed E-state index contributed by atoms with van der Waals surface area (Å²) in [6.07, 6.45) is 0. The van der Waals surface area contributed by atoms with Gasteiger partial charge in [0.2, 0.25) is 0 Å². The third kappa shape index (κ3) is 13.4. The molecule has 5 aliphatic heterocycles. The molecule has 0 amide bonds. The zero-order valence-corrected chi connectivity index (χ0v) is 75.4. The minimum atomic E-state index is -1.48. The highest BCUT2D eigenvalue weighted by Crippen LogP contribution is 2.61. The highest BCUT2D eigenvalue weighted by Gasteiger charge is 2.56. The molecule has 0 saturated carbocycles. The van der Waals surface area contributed by atoms with Crippen LogP contribution < -0.4 is 57.1 Å². The maximum Gasteiger partial charge on any atom is 0.261 e. The molecule has 17 aromatic carbocycles. The Hall–Kier alpha value is -14.1. The quantitative estimate of drug-likeness (QED) is 0.113. The molecule has 5 nitrogen and oxygen atoms in total. The molecule has 0 aliphatic carbocycles. The van der Waals surface area contributed by atoms with E-state index < -0.39 is 100.0 Å². The van der Waals surface area contributed by atoms with E-state index >= 15 is 0 Å². The lowest BCUT2D eigenvalue weighted by Gasteiger charge is -2.51. The molecule has 7 heteroatoms. The van der Waals surface area contributed by atoms with Gasteiger partial charge < -0.3 is 24.3 Å². The summed E-state index contributed by atoms with van der Waals surface area (Å²) in [7, 11) is 0. The summed E-state index contributed by atoms with van der Waals surface area (Å²) < 4.78 is 172. The predicted molar refractivity (Wildman–Crippen MR) is 552 cm³/mol. The van der Waals surface area contributed by atoms with Gasteiger partial charge in [0.15, 0.2) is 0 Å². The number of hydrogen-bond acceptors (Lipinski definition) is 5. The molecule has 0 bridgehead atoms. The molecular formula is C122H106B2N4O. The fourth-order valence-electron chi connectivity index (χ4n) is 19.8. The number of anilines is 12. The Bertz CT molecular complexity index is 8090.